The first kappa shape index (κ1) is 17.7. The van der Waals surface area contributed by atoms with Crippen molar-refractivity contribution in [3.8, 4) is 5.75 Å². The van der Waals surface area contributed by atoms with Crippen molar-refractivity contribution in [1.29, 1.82) is 0 Å². The number of urea groups is 1. The molecular weight excluding hydrogens is 304 g/mol. The Kier molecular flexibility index (Phi) is 6.57. The molecule has 6 heteroatoms. The Bertz CT molecular complexity index is 646. The molecule has 0 atom stereocenters. The summed E-state index contributed by atoms with van der Waals surface area (Å²) in [5.74, 6) is 0.708. The van der Waals surface area contributed by atoms with Crippen LogP contribution in [0.25, 0.3) is 0 Å². The average molecular weight is 328 g/mol. The molecule has 0 saturated carbocycles. The normalized spacial score (nSPS) is 10.5. The third-order valence-corrected chi connectivity index (χ3v) is 3.52. The maximum Gasteiger partial charge on any atom is 0.322 e. The van der Waals surface area contributed by atoms with E-state index in [0.717, 1.165) is 12.1 Å². The molecular formula is C18H24N4O2. The van der Waals surface area contributed by atoms with Crippen LogP contribution in [-0.2, 0) is 6.54 Å². The Morgan fingerprint density at radius 2 is 2.04 bits per heavy atom. The van der Waals surface area contributed by atoms with E-state index >= 15 is 0 Å². The van der Waals surface area contributed by atoms with Crippen molar-refractivity contribution in [1.82, 2.24) is 14.8 Å². The molecule has 0 spiro atoms. The van der Waals surface area contributed by atoms with Crippen LogP contribution < -0.4 is 10.1 Å². The van der Waals surface area contributed by atoms with E-state index in [1.165, 1.54) is 0 Å². The van der Waals surface area contributed by atoms with E-state index in [4.69, 9.17) is 4.74 Å². The molecule has 0 fully saturated rings. The number of amides is 2. The summed E-state index contributed by atoms with van der Waals surface area (Å²) in [6.07, 6.45) is 3.51. The maximum absolute atomic E-state index is 12.7. The Morgan fingerprint density at radius 1 is 1.21 bits per heavy atom. The van der Waals surface area contributed by atoms with Gasteiger partial charge < -0.3 is 19.9 Å². The molecule has 0 radical (unpaired) electrons. The number of hydrogen-bond acceptors (Lipinski definition) is 4. The highest BCUT2D eigenvalue weighted by atomic mass is 16.5. The molecule has 2 amide bonds. The summed E-state index contributed by atoms with van der Waals surface area (Å²) in [6.45, 7) is 1.92. The SMILES string of the molecule is COc1cccc(NC(=O)N(CCN(C)C)Cc2cccnc2)c1. The van der Waals surface area contributed by atoms with E-state index in [9.17, 15) is 4.79 Å². The standard InChI is InChI=1S/C18H24N4O2/c1-21(2)10-11-22(14-15-6-5-9-19-13-15)18(23)20-16-7-4-8-17(12-16)24-3/h4-9,12-13H,10-11,14H2,1-3H3,(H,20,23). The summed E-state index contributed by atoms with van der Waals surface area (Å²) < 4.78 is 5.19. The van der Waals surface area contributed by atoms with Crippen LogP contribution in [-0.4, -0.2) is 55.1 Å². The summed E-state index contributed by atoms with van der Waals surface area (Å²) >= 11 is 0. The minimum atomic E-state index is -0.144. The molecule has 1 N–H and O–H groups in total. The van der Waals surface area contributed by atoms with E-state index < -0.39 is 0 Å². The van der Waals surface area contributed by atoms with Crippen molar-refractivity contribution >= 4 is 11.7 Å². The second-order valence-corrected chi connectivity index (χ2v) is 5.75. The minimum absolute atomic E-state index is 0.144. The Balaban J connectivity index is 2.07. The van der Waals surface area contributed by atoms with E-state index in [0.29, 0.717) is 24.5 Å². The molecule has 0 saturated heterocycles. The van der Waals surface area contributed by atoms with Crippen molar-refractivity contribution in [3.05, 3.63) is 54.4 Å². The Labute approximate surface area is 143 Å². The van der Waals surface area contributed by atoms with Crippen LogP contribution in [0.5, 0.6) is 5.75 Å². The zero-order chi connectivity index (χ0) is 17.4. The summed E-state index contributed by atoms with van der Waals surface area (Å²) in [4.78, 5) is 20.6. The minimum Gasteiger partial charge on any atom is -0.497 e. The molecule has 0 bridgehead atoms. The lowest BCUT2D eigenvalue weighted by atomic mass is 10.2. The van der Waals surface area contributed by atoms with Gasteiger partial charge in [0.2, 0.25) is 0 Å². The van der Waals surface area contributed by atoms with Gasteiger partial charge in [-0.05, 0) is 37.9 Å². The van der Waals surface area contributed by atoms with Gasteiger partial charge in [0.05, 0.1) is 7.11 Å². The van der Waals surface area contributed by atoms with Crippen LogP contribution in [0.15, 0.2) is 48.8 Å². The van der Waals surface area contributed by atoms with E-state index in [1.807, 2.05) is 44.4 Å². The molecule has 2 rings (SSSR count). The topological polar surface area (TPSA) is 57.7 Å². The highest BCUT2D eigenvalue weighted by Gasteiger charge is 2.15. The van der Waals surface area contributed by atoms with E-state index in [-0.39, 0.29) is 6.03 Å². The molecule has 1 aromatic heterocycles. The fourth-order valence-corrected chi connectivity index (χ4v) is 2.19. The average Bonchev–Trinajstić information content (AvgIpc) is 2.59. The highest BCUT2D eigenvalue weighted by molar-refractivity contribution is 5.89. The molecule has 6 nitrogen and oxygen atoms in total. The number of likely N-dealkylation sites (N-methyl/N-ethyl adjacent to an activating group) is 1. The maximum atomic E-state index is 12.7. The molecule has 1 aromatic carbocycles. The first-order valence-electron chi connectivity index (χ1n) is 7.82. The smallest absolute Gasteiger partial charge is 0.322 e. The number of anilines is 1. The number of benzene rings is 1. The summed E-state index contributed by atoms with van der Waals surface area (Å²) in [5.41, 5.74) is 1.71. The van der Waals surface area contributed by atoms with Crippen molar-refractivity contribution in [2.24, 2.45) is 0 Å². The number of carbonyl (C=O) groups excluding carboxylic acids is 1. The van der Waals surface area contributed by atoms with E-state index in [1.54, 1.807) is 30.5 Å². The van der Waals surface area contributed by atoms with Crippen LogP contribution in [0.4, 0.5) is 10.5 Å². The van der Waals surface area contributed by atoms with E-state index in [2.05, 4.69) is 15.2 Å². The van der Waals surface area contributed by atoms with Crippen LogP contribution in [0, 0.1) is 0 Å². The largest absolute Gasteiger partial charge is 0.497 e. The molecule has 0 unspecified atom stereocenters. The van der Waals surface area contributed by atoms with Crippen molar-refractivity contribution in [2.45, 2.75) is 6.54 Å². The quantitative estimate of drug-likeness (QED) is 0.849. The zero-order valence-corrected chi connectivity index (χ0v) is 14.4. The van der Waals surface area contributed by atoms with Gasteiger partial charge in [0, 0.05) is 43.8 Å². The Hall–Kier alpha value is -2.60. The molecule has 2 aromatic rings. The zero-order valence-electron chi connectivity index (χ0n) is 14.4. The fraction of sp³-hybridized carbons (Fsp3) is 0.333. The van der Waals surface area contributed by atoms with Gasteiger partial charge in [-0.3, -0.25) is 4.98 Å². The number of aromatic nitrogens is 1. The Morgan fingerprint density at radius 3 is 2.71 bits per heavy atom. The number of nitrogens with one attached hydrogen (secondary N) is 1. The summed E-state index contributed by atoms with van der Waals surface area (Å²) in [7, 11) is 5.58. The van der Waals surface area contributed by atoms with Crippen molar-refractivity contribution in [3.63, 3.8) is 0 Å². The first-order chi connectivity index (χ1) is 11.6. The van der Waals surface area contributed by atoms with Gasteiger partial charge in [-0.1, -0.05) is 12.1 Å². The van der Waals surface area contributed by atoms with Gasteiger partial charge in [-0.15, -0.1) is 0 Å². The van der Waals surface area contributed by atoms with Crippen LogP contribution >= 0.6 is 0 Å². The number of methoxy groups -OCH3 is 1. The van der Waals surface area contributed by atoms with Crippen LogP contribution in [0.1, 0.15) is 5.56 Å². The predicted molar refractivity (Wildman–Crippen MR) is 95.2 cm³/mol. The van der Waals surface area contributed by atoms with Gasteiger partial charge in [-0.2, -0.15) is 0 Å². The lowest BCUT2D eigenvalue weighted by molar-refractivity contribution is 0.202. The van der Waals surface area contributed by atoms with Gasteiger partial charge in [-0.25, -0.2) is 4.79 Å². The van der Waals surface area contributed by atoms with Crippen LogP contribution in [0.3, 0.4) is 0 Å². The number of rotatable bonds is 7. The molecule has 24 heavy (non-hydrogen) atoms. The number of hydrogen-bond donors (Lipinski definition) is 1. The summed E-state index contributed by atoms with van der Waals surface area (Å²) in [5, 5.41) is 2.93. The van der Waals surface area contributed by atoms with Crippen LogP contribution in [0.2, 0.25) is 0 Å². The van der Waals surface area contributed by atoms with Gasteiger partial charge in [0.25, 0.3) is 0 Å². The molecule has 128 valence electrons. The monoisotopic (exact) mass is 328 g/mol. The van der Waals surface area contributed by atoms with Crippen molar-refractivity contribution < 1.29 is 9.53 Å². The van der Waals surface area contributed by atoms with Gasteiger partial charge in [0.15, 0.2) is 0 Å². The third kappa shape index (κ3) is 5.55. The lowest BCUT2D eigenvalue weighted by Crippen LogP contribution is -2.39. The van der Waals surface area contributed by atoms with Gasteiger partial charge >= 0.3 is 6.03 Å². The second kappa shape index (κ2) is 8.88. The highest BCUT2D eigenvalue weighted by Crippen LogP contribution is 2.17. The molecule has 0 aliphatic carbocycles. The molecule has 1 heterocycles. The second-order valence-electron chi connectivity index (χ2n) is 5.75. The number of nitrogens with zero attached hydrogens (tertiary/aromatic N) is 3. The first-order valence-corrected chi connectivity index (χ1v) is 7.82. The lowest BCUT2D eigenvalue weighted by Gasteiger charge is -2.25. The third-order valence-electron chi connectivity index (χ3n) is 3.52. The fourth-order valence-electron chi connectivity index (χ4n) is 2.19. The van der Waals surface area contributed by atoms with Gasteiger partial charge in [0.1, 0.15) is 5.75 Å². The molecule has 0 aliphatic heterocycles. The predicted octanol–water partition coefficient (Wildman–Crippen LogP) is 2.69. The number of carbonyl (C=O) groups is 1. The van der Waals surface area contributed by atoms with Crippen molar-refractivity contribution in [2.75, 3.05) is 39.6 Å². The molecule has 0 aliphatic rings. The number of ether oxygens (including phenoxy) is 1. The summed E-state index contributed by atoms with van der Waals surface area (Å²) in [6, 6.07) is 11.0. The number of pyridine rings is 1.